The van der Waals surface area contributed by atoms with Gasteiger partial charge in [0, 0.05) is 58.6 Å². The Morgan fingerprint density at radius 1 is 1.19 bits per heavy atom. The molecule has 1 saturated heterocycles. The lowest BCUT2D eigenvalue weighted by Gasteiger charge is -2.26. The number of halogens is 4. The molecule has 12 nitrogen and oxygen atoms in total. The number of amides is 1. The first-order valence-electron chi connectivity index (χ1n) is 12.8. The van der Waals surface area contributed by atoms with Crippen molar-refractivity contribution in [1.82, 2.24) is 29.0 Å². The van der Waals surface area contributed by atoms with Crippen molar-refractivity contribution in [3.05, 3.63) is 57.7 Å². The van der Waals surface area contributed by atoms with Crippen molar-refractivity contribution in [2.24, 2.45) is 14.1 Å². The van der Waals surface area contributed by atoms with Crippen molar-refractivity contribution in [2.45, 2.75) is 12.6 Å². The molecule has 1 amide bonds. The maximum Gasteiger partial charge on any atom is 0.417 e. The highest BCUT2D eigenvalue weighted by Gasteiger charge is 2.32. The first kappa shape index (κ1) is 29.3. The van der Waals surface area contributed by atoms with Gasteiger partial charge in [-0.2, -0.15) is 18.2 Å². The lowest BCUT2D eigenvalue weighted by Crippen LogP contribution is -2.38. The fourth-order valence-electron chi connectivity index (χ4n) is 4.33. The lowest BCUT2D eigenvalue weighted by molar-refractivity contribution is -0.138. The summed E-state index contributed by atoms with van der Waals surface area (Å²) >= 11 is 6.63. The number of nitrogens with one attached hydrogen (secondary N) is 2. The largest absolute Gasteiger partial charge is 0.454 e. The summed E-state index contributed by atoms with van der Waals surface area (Å²) in [4.78, 5) is 39.8. The van der Waals surface area contributed by atoms with Crippen LogP contribution in [0.25, 0.3) is 11.2 Å². The number of carbonyl (C=O) groups excluding carboxylic acids is 1. The molecule has 4 aromatic heterocycles. The first-order valence-corrected chi connectivity index (χ1v) is 13.2. The molecule has 0 aromatic carbocycles. The molecule has 5 rings (SSSR count). The molecule has 0 unspecified atom stereocenters. The van der Waals surface area contributed by atoms with E-state index < -0.39 is 17.3 Å². The number of nitrogens with zero attached hydrogens (tertiary/aromatic N) is 6. The lowest BCUT2D eigenvalue weighted by atomic mass is 10.2. The molecular formula is C26H26ClF3N8O4. The van der Waals surface area contributed by atoms with Crippen molar-refractivity contribution < 1.29 is 27.4 Å². The van der Waals surface area contributed by atoms with Crippen LogP contribution >= 0.6 is 11.6 Å². The molecule has 42 heavy (non-hydrogen) atoms. The van der Waals surface area contributed by atoms with E-state index in [-0.39, 0.29) is 34.0 Å². The topological polar surface area (TPSA) is 128 Å². The molecule has 4 aromatic rings. The average Bonchev–Trinajstić information content (AvgIpc) is 3.27. The first-order chi connectivity index (χ1) is 20.0. The number of imidazole rings is 1. The molecule has 1 aliphatic heterocycles. The molecular weight excluding hydrogens is 581 g/mol. The van der Waals surface area contributed by atoms with Gasteiger partial charge >= 0.3 is 6.18 Å². The number of ether oxygens (including phenoxy) is 2. The van der Waals surface area contributed by atoms with Crippen LogP contribution < -0.4 is 20.9 Å². The summed E-state index contributed by atoms with van der Waals surface area (Å²) in [5.41, 5.74) is -1.52. The maximum atomic E-state index is 13.3. The molecule has 222 valence electrons. The maximum absolute atomic E-state index is 13.3. The van der Waals surface area contributed by atoms with Gasteiger partial charge < -0.3 is 29.2 Å². The summed E-state index contributed by atoms with van der Waals surface area (Å²) < 4.78 is 53.4. The van der Waals surface area contributed by atoms with E-state index in [1.807, 2.05) is 0 Å². The van der Waals surface area contributed by atoms with Gasteiger partial charge in [0.25, 0.3) is 5.56 Å². The number of pyridine rings is 3. The smallest absolute Gasteiger partial charge is 0.417 e. The van der Waals surface area contributed by atoms with Crippen molar-refractivity contribution in [3.63, 3.8) is 0 Å². The van der Waals surface area contributed by atoms with Crippen LogP contribution in [0.1, 0.15) is 12.0 Å². The zero-order valence-electron chi connectivity index (χ0n) is 22.5. The summed E-state index contributed by atoms with van der Waals surface area (Å²) in [6.45, 7) is 3.48. The fourth-order valence-corrected chi connectivity index (χ4v) is 4.63. The van der Waals surface area contributed by atoms with E-state index in [0.717, 1.165) is 17.7 Å². The van der Waals surface area contributed by atoms with Crippen LogP contribution in [-0.4, -0.2) is 67.7 Å². The van der Waals surface area contributed by atoms with Crippen LogP contribution in [0.4, 0.5) is 30.6 Å². The number of aromatic nitrogens is 5. The van der Waals surface area contributed by atoms with E-state index in [0.29, 0.717) is 55.5 Å². The van der Waals surface area contributed by atoms with Gasteiger partial charge in [-0.3, -0.25) is 14.5 Å². The Bertz CT molecular complexity index is 1680. The Balaban J connectivity index is 1.32. The van der Waals surface area contributed by atoms with Crippen LogP contribution in [0.5, 0.6) is 11.5 Å². The van der Waals surface area contributed by atoms with E-state index >= 15 is 0 Å². The van der Waals surface area contributed by atoms with Gasteiger partial charge in [0.05, 0.1) is 25.0 Å². The molecule has 0 saturated carbocycles. The number of hydrogen-bond acceptors (Lipinski definition) is 9. The summed E-state index contributed by atoms with van der Waals surface area (Å²) in [6, 6.07) is 3.82. The molecule has 1 fully saturated rings. The molecule has 0 atom stereocenters. The van der Waals surface area contributed by atoms with E-state index in [4.69, 9.17) is 21.1 Å². The average molecular weight is 607 g/mol. The summed E-state index contributed by atoms with van der Waals surface area (Å²) in [7, 11) is 2.78. The minimum Gasteiger partial charge on any atom is -0.454 e. The fraction of sp³-hybridized carbons (Fsp3) is 0.346. The van der Waals surface area contributed by atoms with Crippen LogP contribution in [0.2, 0.25) is 5.02 Å². The number of carbonyl (C=O) groups is 1. The van der Waals surface area contributed by atoms with Crippen molar-refractivity contribution in [1.29, 1.82) is 0 Å². The summed E-state index contributed by atoms with van der Waals surface area (Å²) in [5.74, 6) is 0.616. The second-order valence-electron chi connectivity index (χ2n) is 9.52. The number of alkyl halides is 3. The van der Waals surface area contributed by atoms with Crippen LogP contribution in [0, 0.1) is 0 Å². The van der Waals surface area contributed by atoms with Gasteiger partial charge in [0.15, 0.2) is 11.4 Å². The SMILES string of the molecule is Cn1cc(C(F)(F)F)cc(Nc2nc3ncc(Oc4ccnc(NC(=O)CCN5CCOCC5)c4)c(Cl)c3n2C)c1=O. The van der Waals surface area contributed by atoms with Crippen LogP contribution in [-0.2, 0) is 29.8 Å². The molecule has 0 aliphatic carbocycles. The van der Waals surface area contributed by atoms with Gasteiger partial charge in [0.2, 0.25) is 11.9 Å². The highest BCUT2D eigenvalue weighted by molar-refractivity contribution is 6.36. The minimum absolute atomic E-state index is 0.0407. The second-order valence-corrected chi connectivity index (χ2v) is 9.89. The molecule has 16 heteroatoms. The Morgan fingerprint density at radius 3 is 2.69 bits per heavy atom. The summed E-state index contributed by atoms with van der Waals surface area (Å²) in [5, 5.41) is 5.53. The Labute approximate surface area is 242 Å². The highest BCUT2D eigenvalue weighted by atomic mass is 35.5. The zero-order chi connectivity index (χ0) is 30.0. The number of rotatable bonds is 8. The number of anilines is 3. The highest BCUT2D eigenvalue weighted by Crippen LogP contribution is 2.36. The van der Waals surface area contributed by atoms with Gasteiger partial charge in [-0.05, 0) is 12.1 Å². The molecule has 5 heterocycles. The van der Waals surface area contributed by atoms with Crippen molar-refractivity contribution >= 4 is 46.1 Å². The minimum atomic E-state index is -4.65. The summed E-state index contributed by atoms with van der Waals surface area (Å²) in [6.07, 6.45) is -0.835. The van der Waals surface area contributed by atoms with E-state index in [1.54, 1.807) is 13.1 Å². The van der Waals surface area contributed by atoms with Gasteiger partial charge in [-0.25, -0.2) is 9.97 Å². The standard InChI is InChI=1S/C26H26ClF3N8O4/c1-36-14-15(26(28,29)30)11-17(24(36)40)33-25-35-23-22(37(25)2)21(27)18(13-32-23)42-16-3-5-31-19(12-16)34-20(39)4-6-38-7-9-41-10-8-38/h3,5,11-14H,4,6-10H2,1-2H3,(H,31,34,39)(H,32,33,35). The molecule has 1 aliphatic rings. The number of aryl methyl sites for hydroxylation is 2. The second kappa shape index (κ2) is 12.0. The molecule has 0 radical (unpaired) electrons. The van der Waals surface area contributed by atoms with E-state index in [2.05, 4.69) is 30.5 Å². The zero-order valence-corrected chi connectivity index (χ0v) is 23.3. The number of hydrogen-bond donors (Lipinski definition) is 2. The molecule has 0 bridgehead atoms. The Hall–Kier alpha value is -4.21. The van der Waals surface area contributed by atoms with Gasteiger partial charge in [0.1, 0.15) is 27.8 Å². The number of morpholine rings is 1. The predicted molar refractivity (Wildman–Crippen MR) is 148 cm³/mol. The third-order valence-corrected chi connectivity index (χ3v) is 6.91. The Kier molecular flexibility index (Phi) is 8.34. The molecule has 2 N–H and O–H groups in total. The van der Waals surface area contributed by atoms with Gasteiger partial charge in [-0.1, -0.05) is 11.6 Å². The van der Waals surface area contributed by atoms with E-state index in [1.165, 1.54) is 30.1 Å². The van der Waals surface area contributed by atoms with Crippen molar-refractivity contribution in [3.8, 4) is 11.5 Å². The van der Waals surface area contributed by atoms with Crippen LogP contribution in [0.3, 0.4) is 0 Å². The van der Waals surface area contributed by atoms with Gasteiger partial charge in [-0.15, -0.1) is 0 Å². The number of fused-ring (bicyclic) bond motifs is 1. The Morgan fingerprint density at radius 2 is 1.95 bits per heavy atom. The monoisotopic (exact) mass is 606 g/mol. The third-order valence-electron chi connectivity index (χ3n) is 6.55. The van der Waals surface area contributed by atoms with Crippen molar-refractivity contribution in [2.75, 3.05) is 43.5 Å². The van der Waals surface area contributed by atoms with Crippen LogP contribution in [0.15, 0.2) is 41.6 Å². The predicted octanol–water partition coefficient (Wildman–Crippen LogP) is 3.93. The molecule has 0 spiro atoms. The quantitative estimate of drug-likeness (QED) is 0.307. The van der Waals surface area contributed by atoms with E-state index in [9.17, 15) is 22.8 Å². The third kappa shape index (κ3) is 6.48. The normalized spacial score (nSPS) is 14.2.